The monoisotopic (exact) mass is 552 g/mol. The lowest BCUT2D eigenvalue weighted by atomic mass is 10.0. The van der Waals surface area contributed by atoms with Gasteiger partial charge in [0.2, 0.25) is 0 Å². The van der Waals surface area contributed by atoms with E-state index in [-0.39, 0.29) is 6.04 Å². The van der Waals surface area contributed by atoms with E-state index in [1.165, 1.54) is 124 Å². The molecule has 9 nitrogen and oxygen atoms in total. The Hall–Kier alpha value is -0.143. The number of hydrogen-bond donors (Lipinski definition) is 1. The fourth-order valence-corrected chi connectivity index (χ4v) is 5.72. The lowest BCUT2D eigenvalue weighted by molar-refractivity contribution is -0.370. The Morgan fingerprint density at radius 1 is 0.595 bits per heavy atom. The minimum absolute atomic E-state index is 0.126. The van der Waals surface area contributed by atoms with Gasteiger partial charge < -0.3 is 15.1 Å². The molecule has 0 aliphatic heterocycles. The first-order valence-corrected chi connectivity index (χ1v) is 16.4. The molecule has 1 unspecified atom stereocenters. The summed E-state index contributed by atoms with van der Waals surface area (Å²) >= 11 is 0. The van der Waals surface area contributed by atoms with E-state index in [4.69, 9.17) is 23.9 Å². The van der Waals surface area contributed by atoms with Gasteiger partial charge in [-0.15, -0.1) is 0 Å². The highest BCUT2D eigenvalue weighted by Gasteiger charge is 2.51. The highest BCUT2D eigenvalue weighted by molar-refractivity contribution is 6.52. The average molecular weight is 553 g/mol. The maximum atomic E-state index is 6.07. The lowest BCUT2D eigenvalue weighted by Crippen LogP contribution is -2.49. The SMILES string of the molecule is CCCCCCCCCCCCCCCCCCN(CCCO[Si](OOC)(OOC)OOC)CC(C)N. The summed E-state index contributed by atoms with van der Waals surface area (Å²) in [5, 5.41) is 0. The van der Waals surface area contributed by atoms with Gasteiger partial charge in [-0.2, -0.15) is 13.7 Å². The third-order valence-corrected chi connectivity index (χ3v) is 8.00. The molecule has 0 fully saturated rings. The van der Waals surface area contributed by atoms with Crippen molar-refractivity contribution in [3.05, 3.63) is 0 Å². The van der Waals surface area contributed by atoms with Gasteiger partial charge >= 0.3 is 9.05 Å². The second-order valence-corrected chi connectivity index (χ2v) is 11.8. The van der Waals surface area contributed by atoms with E-state index in [0.717, 1.165) is 26.1 Å². The Morgan fingerprint density at radius 2 is 0.973 bits per heavy atom. The van der Waals surface area contributed by atoms with Crippen molar-refractivity contribution in [3.8, 4) is 0 Å². The van der Waals surface area contributed by atoms with Gasteiger partial charge in [-0.05, 0) is 26.3 Å². The van der Waals surface area contributed by atoms with Crippen LogP contribution in [0.25, 0.3) is 0 Å². The van der Waals surface area contributed by atoms with Crippen LogP contribution >= 0.6 is 0 Å². The molecule has 0 aliphatic carbocycles. The van der Waals surface area contributed by atoms with E-state index in [1.54, 1.807) is 0 Å². The van der Waals surface area contributed by atoms with Gasteiger partial charge in [0, 0.05) is 25.7 Å². The van der Waals surface area contributed by atoms with Crippen molar-refractivity contribution in [1.82, 2.24) is 4.90 Å². The van der Waals surface area contributed by atoms with Crippen LogP contribution in [0.5, 0.6) is 0 Å². The summed E-state index contributed by atoms with van der Waals surface area (Å²) in [5.41, 5.74) is 6.07. The summed E-state index contributed by atoms with van der Waals surface area (Å²) in [4.78, 5) is 16.4. The normalized spacial score (nSPS) is 13.1. The number of nitrogens with zero attached hydrogens (tertiary/aromatic N) is 1. The maximum absolute atomic E-state index is 6.07. The van der Waals surface area contributed by atoms with E-state index in [2.05, 4.69) is 26.5 Å². The second-order valence-electron chi connectivity index (χ2n) is 10.0. The molecule has 1 atom stereocenters. The molecule has 0 spiro atoms. The summed E-state index contributed by atoms with van der Waals surface area (Å²) in [6.45, 7) is 7.43. The molecule has 0 aromatic rings. The Balaban J connectivity index is 3.86. The topological polar surface area (TPSA) is 93.9 Å². The van der Waals surface area contributed by atoms with Crippen LogP contribution in [0.1, 0.15) is 123 Å². The summed E-state index contributed by atoms with van der Waals surface area (Å²) in [6.07, 6.45) is 22.8. The average Bonchev–Trinajstić information content (AvgIpc) is 2.86. The standard InChI is InChI=1S/C27H60N2O7Si/c1-6-7-8-9-10-11-12-13-14-15-16-17-18-19-20-21-23-29(26-27(2)28)24-22-25-33-37(34-30-3,35-31-4)36-32-5/h27H,6-26,28H2,1-5H3. The predicted octanol–water partition coefficient (Wildman–Crippen LogP) is 6.47. The first-order valence-electron chi connectivity index (χ1n) is 14.8. The highest BCUT2D eigenvalue weighted by atomic mass is 28.4. The molecule has 0 amide bonds. The van der Waals surface area contributed by atoms with Crippen molar-refractivity contribution >= 4 is 9.05 Å². The zero-order valence-corrected chi connectivity index (χ0v) is 25.8. The van der Waals surface area contributed by atoms with Crippen LogP contribution in [0.3, 0.4) is 0 Å². The molecule has 37 heavy (non-hydrogen) atoms. The first-order chi connectivity index (χ1) is 18.0. The molecule has 0 radical (unpaired) electrons. The van der Waals surface area contributed by atoms with E-state index >= 15 is 0 Å². The van der Waals surface area contributed by atoms with Crippen LogP contribution < -0.4 is 5.73 Å². The van der Waals surface area contributed by atoms with Crippen LogP contribution in [0.4, 0.5) is 0 Å². The smallest absolute Gasteiger partial charge is 0.347 e. The molecular weight excluding hydrogens is 492 g/mol. The summed E-state index contributed by atoms with van der Waals surface area (Å²) in [7, 11) is 0.342. The largest absolute Gasteiger partial charge is 0.764 e. The number of unbranched alkanes of at least 4 members (excludes halogenated alkanes) is 15. The van der Waals surface area contributed by atoms with Gasteiger partial charge in [-0.1, -0.05) is 103 Å². The molecule has 0 saturated carbocycles. The van der Waals surface area contributed by atoms with Crippen LogP contribution in [0.2, 0.25) is 0 Å². The molecule has 0 saturated heterocycles. The molecule has 224 valence electrons. The fraction of sp³-hybridized carbons (Fsp3) is 1.00. The first kappa shape index (κ1) is 36.9. The molecule has 0 bridgehead atoms. The van der Waals surface area contributed by atoms with Gasteiger partial charge in [-0.3, -0.25) is 0 Å². The van der Waals surface area contributed by atoms with Crippen LogP contribution in [-0.4, -0.2) is 67.6 Å². The van der Waals surface area contributed by atoms with Crippen molar-refractivity contribution < 1.29 is 32.8 Å². The fourth-order valence-electron chi connectivity index (χ4n) is 4.49. The summed E-state index contributed by atoms with van der Waals surface area (Å²) < 4.78 is 20.8. The predicted molar refractivity (Wildman–Crippen MR) is 150 cm³/mol. The van der Waals surface area contributed by atoms with Gasteiger partial charge in [-0.25, -0.2) is 14.7 Å². The summed E-state index contributed by atoms with van der Waals surface area (Å²) in [6, 6.07) is 0.126. The summed E-state index contributed by atoms with van der Waals surface area (Å²) in [5.74, 6) is 0. The van der Waals surface area contributed by atoms with Crippen molar-refractivity contribution in [2.45, 2.75) is 129 Å². The third kappa shape index (κ3) is 23.5. The highest BCUT2D eigenvalue weighted by Crippen LogP contribution is 2.15. The Labute approximate surface area is 229 Å². The molecule has 0 aromatic heterocycles. The maximum Gasteiger partial charge on any atom is 0.764 e. The Kier molecular flexibility index (Phi) is 27.3. The van der Waals surface area contributed by atoms with Crippen LogP contribution in [0.15, 0.2) is 0 Å². The molecule has 10 heteroatoms. The Bertz CT molecular complexity index is 447. The zero-order valence-electron chi connectivity index (χ0n) is 24.8. The quantitative estimate of drug-likeness (QED) is 0.0465. The zero-order chi connectivity index (χ0) is 27.5. The van der Waals surface area contributed by atoms with Gasteiger partial charge in [0.05, 0.1) is 21.3 Å². The van der Waals surface area contributed by atoms with E-state index in [9.17, 15) is 0 Å². The molecule has 0 aromatic carbocycles. The molecule has 0 heterocycles. The van der Waals surface area contributed by atoms with E-state index < -0.39 is 9.05 Å². The lowest BCUT2D eigenvalue weighted by Gasteiger charge is -2.25. The number of hydrogen-bond acceptors (Lipinski definition) is 9. The van der Waals surface area contributed by atoms with Gasteiger partial charge in [0.1, 0.15) is 0 Å². The van der Waals surface area contributed by atoms with E-state index in [1.807, 2.05) is 6.92 Å². The minimum Gasteiger partial charge on any atom is -0.347 e. The van der Waals surface area contributed by atoms with Crippen molar-refractivity contribution in [2.75, 3.05) is 47.6 Å². The van der Waals surface area contributed by atoms with Gasteiger partial charge in [0.15, 0.2) is 0 Å². The molecule has 0 rings (SSSR count). The molecule has 0 aliphatic rings. The molecular formula is C27H60N2O7Si. The Morgan fingerprint density at radius 3 is 1.35 bits per heavy atom. The number of rotatable bonds is 30. The molecule has 2 N–H and O–H groups in total. The minimum atomic E-state index is -3.67. The van der Waals surface area contributed by atoms with Crippen molar-refractivity contribution in [1.29, 1.82) is 0 Å². The van der Waals surface area contributed by atoms with Crippen LogP contribution in [-0.2, 0) is 32.8 Å². The number of nitrogens with two attached hydrogens (primary N) is 1. The van der Waals surface area contributed by atoms with E-state index in [0.29, 0.717) is 6.61 Å². The van der Waals surface area contributed by atoms with Gasteiger partial charge in [0.25, 0.3) is 0 Å². The third-order valence-electron chi connectivity index (χ3n) is 6.33. The van der Waals surface area contributed by atoms with Crippen molar-refractivity contribution in [2.24, 2.45) is 5.73 Å². The second kappa shape index (κ2) is 27.4. The van der Waals surface area contributed by atoms with Crippen LogP contribution in [0, 0.1) is 0 Å². The van der Waals surface area contributed by atoms with Crippen molar-refractivity contribution in [3.63, 3.8) is 0 Å².